The fourth-order valence-corrected chi connectivity index (χ4v) is 13.2. The Hall–Kier alpha value is -7.85. The summed E-state index contributed by atoms with van der Waals surface area (Å²) in [6, 6.07) is 64.0. The molecule has 0 saturated carbocycles. The molecule has 1 N–H and O–H groups in total. The minimum atomic E-state index is -0.999. The second kappa shape index (κ2) is 24.4. The van der Waals surface area contributed by atoms with E-state index in [-0.39, 0.29) is 55.5 Å². The molecule has 94 heavy (non-hydrogen) atoms. The predicted molar refractivity (Wildman–Crippen MR) is 407 cm³/mol. The fraction of sp³-hybridized carbons (Fsp3) is 0.374. The van der Waals surface area contributed by atoms with E-state index in [0.29, 0.717) is 11.1 Å². The highest BCUT2D eigenvalue weighted by molar-refractivity contribution is 6.18. The third-order valence-electron chi connectivity index (χ3n) is 19.4. The largest absolute Gasteiger partial charge is 0.478 e. The topological polar surface area (TPSA) is 46.5 Å². The van der Waals surface area contributed by atoms with E-state index in [4.69, 9.17) is 4.74 Å². The first-order chi connectivity index (χ1) is 43.4. The first-order valence-corrected chi connectivity index (χ1v) is 34.2. The molecule has 0 bridgehead atoms. The number of hydrogen-bond donors (Lipinski definition) is 1. The molecule has 488 valence electrons. The van der Waals surface area contributed by atoms with E-state index in [1.165, 1.54) is 44.5 Å². The molecular weight excluding hydrogens is 1140 g/mol. The number of aromatic carboxylic acids is 1. The molecule has 0 fully saturated rings. The Morgan fingerprint density at radius 3 is 0.798 bits per heavy atom. The molecule has 0 atom stereocenters. The molecule has 0 aliphatic rings. The van der Waals surface area contributed by atoms with Gasteiger partial charge in [-0.2, -0.15) is 0 Å². The van der Waals surface area contributed by atoms with Gasteiger partial charge in [0.1, 0.15) is 0 Å². The average molecular weight is 1250 g/mol. The summed E-state index contributed by atoms with van der Waals surface area (Å²) in [5.74, 6) is -0.999. The van der Waals surface area contributed by atoms with Gasteiger partial charge in [0.15, 0.2) is 0 Å². The summed E-state index contributed by atoms with van der Waals surface area (Å²) < 4.78 is 6.49. The van der Waals surface area contributed by atoms with Gasteiger partial charge in [-0.05, 0) is 236 Å². The van der Waals surface area contributed by atoms with Crippen LogP contribution in [0.2, 0.25) is 0 Å². The maximum Gasteiger partial charge on any atom is 0.336 e. The van der Waals surface area contributed by atoms with E-state index in [9.17, 15) is 5.11 Å². The molecule has 0 spiro atoms. The van der Waals surface area contributed by atoms with E-state index in [1.807, 2.05) is 6.07 Å². The lowest BCUT2D eigenvalue weighted by molar-refractivity contribution is 0.0698. The van der Waals surface area contributed by atoms with Crippen LogP contribution in [0.25, 0.3) is 99.4 Å². The number of benzene rings is 10. The van der Waals surface area contributed by atoms with Gasteiger partial charge in [-0.15, -0.1) is 0 Å². The van der Waals surface area contributed by atoms with Crippen molar-refractivity contribution >= 4 is 27.5 Å². The Morgan fingerprint density at radius 1 is 0.298 bits per heavy atom. The average Bonchev–Trinajstić information content (AvgIpc) is 0.728. The van der Waals surface area contributed by atoms with Crippen molar-refractivity contribution in [1.29, 1.82) is 0 Å². The van der Waals surface area contributed by atoms with Crippen molar-refractivity contribution in [2.45, 2.75) is 216 Å². The van der Waals surface area contributed by atoms with Gasteiger partial charge in [-0.3, -0.25) is 0 Å². The summed E-state index contributed by atoms with van der Waals surface area (Å²) in [4.78, 5) is 15.3. The maximum absolute atomic E-state index is 15.3. The zero-order valence-corrected chi connectivity index (χ0v) is 61.6. The summed E-state index contributed by atoms with van der Waals surface area (Å²) >= 11 is 0. The van der Waals surface area contributed by atoms with Crippen molar-refractivity contribution in [2.75, 3.05) is 7.11 Å². The summed E-state index contributed by atoms with van der Waals surface area (Å²) in [6.07, 6.45) is 0. The number of fused-ring (bicyclic) bond motifs is 2. The number of hydrogen-bond acceptors (Lipinski definition) is 2. The van der Waals surface area contributed by atoms with E-state index in [0.717, 1.165) is 93.9 Å². The molecule has 0 heterocycles. The Bertz CT molecular complexity index is 4260. The molecule has 0 amide bonds. The Morgan fingerprint density at radius 2 is 0.532 bits per heavy atom. The Balaban J connectivity index is 1.36. The van der Waals surface area contributed by atoms with Crippen LogP contribution in [0, 0.1) is 0 Å². The fourth-order valence-electron chi connectivity index (χ4n) is 13.2. The van der Waals surface area contributed by atoms with Crippen molar-refractivity contribution < 1.29 is 14.6 Å². The highest BCUT2D eigenvalue weighted by Gasteiger charge is 2.31. The van der Waals surface area contributed by atoms with Crippen LogP contribution in [0.4, 0.5) is 0 Å². The van der Waals surface area contributed by atoms with Crippen LogP contribution in [-0.4, -0.2) is 18.2 Å². The third kappa shape index (κ3) is 14.4. The number of carbonyl (C=O) groups is 1. The molecule has 10 aromatic carbocycles. The maximum atomic E-state index is 15.3. The molecule has 10 rings (SSSR count). The van der Waals surface area contributed by atoms with Gasteiger partial charge >= 0.3 is 5.97 Å². The first kappa shape index (κ1) is 69.0. The lowest BCUT2D eigenvalue weighted by Crippen LogP contribution is -2.16. The van der Waals surface area contributed by atoms with Crippen molar-refractivity contribution in [3.63, 3.8) is 0 Å². The summed E-state index contributed by atoms with van der Waals surface area (Å²) in [5, 5.41) is 16.3. The van der Waals surface area contributed by atoms with E-state index in [2.05, 4.69) is 330 Å². The molecule has 10 aromatic rings. The molecule has 3 heteroatoms. The lowest BCUT2D eigenvalue weighted by Gasteiger charge is -2.28. The van der Waals surface area contributed by atoms with E-state index in [1.54, 1.807) is 7.11 Å². The van der Waals surface area contributed by atoms with Crippen molar-refractivity contribution in [2.24, 2.45) is 0 Å². The highest BCUT2D eigenvalue weighted by Crippen LogP contribution is 2.50. The summed E-state index contributed by atoms with van der Waals surface area (Å²) in [6.45, 7) is 55.4. The third-order valence-corrected chi connectivity index (χ3v) is 19.4. The molecule has 0 aromatic heterocycles. The second-order valence-corrected chi connectivity index (χ2v) is 35.4. The molecule has 0 aliphatic heterocycles. The molecule has 0 radical (unpaired) electrons. The zero-order chi connectivity index (χ0) is 69.0. The molecule has 0 unspecified atom stereocenters. The van der Waals surface area contributed by atoms with Gasteiger partial charge in [-0.25, -0.2) is 4.79 Å². The van der Waals surface area contributed by atoms with Crippen LogP contribution in [0.1, 0.15) is 227 Å². The SMILES string of the molecule is COCc1c(-c2cc(-c3cc(C(C)(C)C)cc(C(C)(C)C)c3)cc(-c3cc(C(C)(C)C)cc(C(C)(C)C)c3)c2)cc2ccccc2c1-c1c(C(=O)O)c(-c2cc(-c3cc(C(C)(C)C)cc(C(C)(C)C)c3)cc(-c3cc(C(C)(C)C)cc(C(C)(C)C)c3)c2)cc2ccccc12. The Labute approximate surface area is 565 Å². The quantitative estimate of drug-likeness (QED) is 0.148. The molecule has 0 aliphatic carbocycles. The smallest absolute Gasteiger partial charge is 0.336 e. The van der Waals surface area contributed by atoms with Gasteiger partial charge in [-0.1, -0.05) is 287 Å². The van der Waals surface area contributed by atoms with Gasteiger partial charge in [0.2, 0.25) is 0 Å². The zero-order valence-electron chi connectivity index (χ0n) is 61.6. The van der Waals surface area contributed by atoms with Crippen molar-refractivity contribution in [3.05, 3.63) is 225 Å². The van der Waals surface area contributed by atoms with Gasteiger partial charge in [0.25, 0.3) is 0 Å². The molecule has 3 nitrogen and oxygen atoms in total. The number of ether oxygens (including phenoxy) is 1. The van der Waals surface area contributed by atoms with Gasteiger partial charge in [0.05, 0.1) is 12.2 Å². The van der Waals surface area contributed by atoms with Gasteiger partial charge < -0.3 is 9.84 Å². The standard InChI is InChI=1S/C91H106O3/c1-84(2,3)67-40-61(41-68(50-67)85(4,5)6)57-34-58(62-42-69(86(7,8)9)51-70(43-62)87(10,11)12)37-65(36-57)77-48-55-30-26-28-32-75(55)80(79(77)54-94-25)81-76-33-29-27-31-56(76)49-78(82(81)83(92)93)66-38-59(63-44-71(88(13,14)15)52-72(45-63)89(16,17)18)35-60(39-66)64-46-73(90(19,20)21)53-74(47-64)91(22,23)24/h26-53H,54H2,1-25H3,(H,92,93). The van der Waals surface area contributed by atoms with Crippen LogP contribution in [0.15, 0.2) is 170 Å². The minimum Gasteiger partial charge on any atom is -0.478 e. The number of rotatable bonds is 10. The van der Waals surface area contributed by atoms with Crippen LogP contribution in [-0.2, 0) is 54.7 Å². The minimum absolute atomic E-state index is 0.111. The second-order valence-electron chi connectivity index (χ2n) is 35.4. The molecular formula is C91H106O3. The van der Waals surface area contributed by atoms with Crippen LogP contribution >= 0.6 is 0 Å². The summed E-state index contributed by atoms with van der Waals surface area (Å²) in [7, 11) is 1.77. The lowest BCUT2D eigenvalue weighted by atomic mass is 9.77. The predicted octanol–water partition coefficient (Wildman–Crippen LogP) is 25.9. The summed E-state index contributed by atoms with van der Waals surface area (Å²) in [5.41, 5.74) is 24.1. The number of carboxylic acids is 1. The van der Waals surface area contributed by atoms with Crippen molar-refractivity contribution in [3.8, 4) is 77.9 Å². The van der Waals surface area contributed by atoms with E-state index < -0.39 is 5.97 Å². The Kier molecular flexibility index (Phi) is 17.9. The monoisotopic (exact) mass is 1250 g/mol. The van der Waals surface area contributed by atoms with Gasteiger partial charge in [0, 0.05) is 12.7 Å². The number of carboxylic acid groups (broad SMARTS) is 1. The highest BCUT2D eigenvalue weighted by atomic mass is 16.5. The van der Waals surface area contributed by atoms with Crippen LogP contribution in [0.5, 0.6) is 0 Å². The number of methoxy groups -OCH3 is 1. The van der Waals surface area contributed by atoms with Crippen LogP contribution in [0.3, 0.4) is 0 Å². The van der Waals surface area contributed by atoms with E-state index >= 15 is 4.79 Å². The van der Waals surface area contributed by atoms with Crippen LogP contribution < -0.4 is 0 Å². The molecule has 0 saturated heterocycles. The van der Waals surface area contributed by atoms with Crippen molar-refractivity contribution in [1.82, 2.24) is 0 Å². The normalized spacial score (nSPS) is 13.1. The first-order valence-electron chi connectivity index (χ1n) is 34.2.